The molecule has 1 nitrogen and oxygen atoms in total. The Morgan fingerprint density at radius 2 is 2.19 bits per heavy atom. The first-order chi connectivity index (χ1) is 7.77. The number of hydrogen-bond acceptors (Lipinski definition) is 1. The minimum absolute atomic E-state index is 0.471. The number of hydrogen-bond donors (Lipinski definition) is 1. The third-order valence-electron chi connectivity index (χ3n) is 4.83. The molecule has 0 spiro atoms. The summed E-state index contributed by atoms with van der Waals surface area (Å²) in [7, 11) is 0. The monoisotopic (exact) mass is 215 g/mol. The van der Waals surface area contributed by atoms with Gasteiger partial charge < -0.3 is 5.73 Å². The zero-order valence-corrected chi connectivity index (χ0v) is 10.1. The minimum Gasteiger partial charge on any atom is -0.330 e. The second-order valence-corrected chi connectivity index (χ2v) is 5.67. The average molecular weight is 215 g/mol. The summed E-state index contributed by atoms with van der Waals surface area (Å²) in [4.78, 5) is 0. The van der Waals surface area contributed by atoms with E-state index in [1.165, 1.54) is 31.2 Å². The second-order valence-electron chi connectivity index (χ2n) is 5.67. The van der Waals surface area contributed by atoms with Gasteiger partial charge in [0.2, 0.25) is 0 Å². The molecule has 16 heavy (non-hydrogen) atoms. The molecule has 2 aliphatic rings. The van der Waals surface area contributed by atoms with Crippen LogP contribution in [0.25, 0.3) is 0 Å². The van der Waals surface area contributed by atoms with Crippen molar-refractivity contribution in [3.8, 4) is 0 Å². The highest BCUT2D eigenvalue weighted by molar-refractivity contribution is 5.38. The van der Waals surface area contributed by atoms with Gasteiger partial charge in [0.15, 0.2) is 0 Å². The number of aryl methyl sites for hydroxylation is 1. The molecular formula is C15H21N. The quantitative estimate of drug-likeness (QED) is 0.824. The number of benzene rings is 1. The van der Waals surface area contributed by atoms with E-state index in [1.807, 2.05) is 0 Å². The van der Waals surface area contributed by atoms with E-state index < -0.39 is 0 Å². The summed E-state index contributed by atoms with van der Waals surface area (Å²) < 4.78 is 0. The van der Waals surface area contributed by atoms with E-state index in [2.05, 4.69) is 31.2 Å². The van der Waals surface area contributed by atoms with Crippen LogP contribution in [0.1, 0.15) is 36.8 Å². The van der Waals surface area contributed by atoms with Gasteiger partial charge in [-0.15, -0.1) is 0 Å². The molecule has 2 N–H and O–H groups in total. The lowest BCUT2D eigenvalue weighted by Crippen LogP contribution is -2.30. The normalized spacial score (nSPS) is 33.5. The lowest BCUT2D eigenvalue weighted by molar-refractivity contribution is 0.231. The molecule has 1 unspecified atom stereocenters. The van der Waals surface area contributed by atoms with Crippen LogP contribution in [0.3, 0.4) is 0 Å². The Morgan fingerprint density at radius 1 is 1.38 bits per heavy atom. The van der Waals surface area contributed by atoms with Crippen LogP contribution in [0.15, 0.2) is 24.3 Å². The van der Waals surface area contributed by atoms with E-state index in [1.54, 1.807) is 5.56 Å². The van der Waals surface area contributed by atoms with Crippen LogP contribution < -0.4 is 5.73 Å². The highest BCUT2D eigenvalue weighted by Crippen LogP contribution is 2.63. The van der Waals surface area contributed by atoms with Gasteiger partial charge in [-0.1, -0.05) is 36.2 Å². The van der Waals surface area contributed by atoms with Gasteiger partial charge in [0.05, 0.1) is 0 Å². The molecule has 1 aromatic carbocycles. The van der Waals surface area contributed by atoms with Crippen LogP contribution in [-0.4, -0.2) is 6.54 Å². The lowest BCUT2D eigenvalue weighted by Gasteiger charge is -2.36. The van der Waals surface area contributed by atoms with E-state index in [-0.39, 0.29) is 0 Å². The summed E-state index contributed by atoms with van der Waals surface area (Å²) in [5.74, 6) is 1.67. The molecule has 0 bridgehead atoms. The van der Waals surface area contributed by atoms with Gasteiger partial charge in [0, 0.05) is 5.41 Å². The molecule has 0 saturated heterocycles. The topological polar surface area (TPSA) is 26.0 Å². The highest BCUT2D eigenvalue weighted by Gasteiger charge is 2.59. The smallest absolute Gasteiger partial charge is 0.00253 e. The highest BCUT2D eigenvalue weighted by atomic mass is 14.7. The Labute approximate surface area is 98.0 Å². The van der Waals surface area contributed by atoms with Crippen molar-refractivity contribution in [1.82, 2.24) is 0 Å². The third kappa shape index (κ3) is 1.34. The molecule has 0 heterocycles. The van der Waals surface area contributed by atoms with Crippen LogP contribution in [0, 0.1) is 18.8 Å². The van der Waals surface area contributed by atoms with E-state index in [4.69, 9.17) is 5.73 Å². The van der Waals surface area contributed by atoms with E-state index in [0.717, 1.165) is 18.4 Å². The molecule has 0 amide bonds. The number of nitrogens with two attached hydrogens (primary N) is 1. The van der Waals surface area contributed by atoms with E-state index in [9.17, 15) is 0 Å². The summed E-state index contributed by atoms with van der Waals surface area (Å²) in [5, 5.41) is 0. The fourth-order valence-electron chi connectivity index (χ4n) is 3.59. The first-order valence-corrected chi connectivity index (χ1v) is 6.54. The molecule has 0 aliphatic heterocycles. The van der Waals surface area contributed by atoms with Crippen molar-refractivity contribution in [2.24, 2.45) is 17.6 Å². The largest absolute Gasteiger partial charge is 0.330 e. The van der Waals surface area contributed by atoms with Gasteiger partial charge in [-0.05, 0) is 50.1 Å². The van der Waals surface area contributed by atoms with Crippen LogP contribution in [0.2, 0.25) is 0 Å². The van der Waals surface area contributed by atoms with Crippen molar-refractivity contribution in [2.75, 3.05) is 6.54 Å². The molecule has 0 radical (unpaired) electrons. The van der Waals surface area contributed by atoms with Gasteiger partial charge in [-0.25, -0.2) is 0 Å². The zero-order valence-electron chi connectivity index (χ0n) is 10.1. The van der Waals surface area contributed by atoms with Crippen molar-refractivity contribution in [3.63, 3.8) is 0 Å². The Kier molecular flexibility index (Phi) is 2.32. The van der Waals surface area contributed by atoms with Gasteiger partial charge >= 0.3 is 0 Å². The maximum absolute atomic E-state index is 5.90. The Hall–Kier alpha value is -0.820. The van der Waals surface area contributed by atoms with E-state index >= 15 is 0 Å². The molecule has 2 saturated carbocycles. The minimum atomic E-state index is 0.471. The summed E-state index contributed by atoms with van der Waals surface area (Å²) in [5.41, 5.74) is 9.32. The van der Waals surface area contributed by atoms with Gasteiger partial charge in [-0.3, -0.25) is 0 Å². The molecule has 2 aliphatic carbocycles. The van der Waals surface area contributed by atoms with E-state index in [0.29, 0.717) is 5.41 Å². The van der Waals surface area contributed by atoms with Gasteiger partial charge in [0.1, 0.15) is 0 Å². The fourth-order valence-corrected chi connectivity index (χ4v) is 3.59. The van der Waals surface area contributed by atoms with Crippen LogP contribution in [0.5, 0.6) is 0 Å². The predicted octanol–water partition coefficient (Wildman–Crippen LogP) is 3.01. The van der Waals surface area contributed by atoms with Crippen molar-refractivity contribution < 1.29 is 0 Å². The van der Waals surface area contributed by atoms with Gasteiger partial charge in [-0.2, -0.15) is 0 Å². The second kappa shape index (κ2) is 3.59. The van der Waals surface area contributed by atoms with Crippen LogP contribution >= 0.6 is 0 Å². The summed E-state index contributed by atoms with van der Waals surface area (Å²) >= 11 is 0. The molecule has 3 rings (SSSR count). The Morgan fingerprint density at radius 3 is 2.69 bits per heavy atom. The zero-order chi connectivity index (χ0) is 11.2. The van der Waals surface area contributed by atoms with Crippen molar-refractivity contribution >= 4 is 0 Å². The first-order valence-electron chi connectivity index (χ1n) is 6.54. The van der Waals surface area contributed by atoms with Crippen molar-refractivity contribution in [2.45, 2.75) is 38.0 Å². The van der Waals surface area contributed by atoms with Crippen LogP contribution in [-0.2, 0) is 5.41 Å². The molecule has 0 aromatic heterocycles. The first kappa shape index (κ1) is 10.3. The standard InChI is InChI=1S/C15H21N/c1-11-4-2-7-13(8-11)15(9-14(15)10-16)12-5-3-6-12/h2,4,7-8,12,14H,3,5-6,9-10,16H2,1H3/t14-,15?/m0/s1. The molecule has 86 valence electrons. The molecule has 2 fully saturated rings. The predicted molar refractivity (Wildman–Crippen MR) is 67.4 cm³/mol. The Bertz CT molecular complexity index is 394. The molecule has 1 aromatic rings. The fraction of sp³-hybridized carbons (Fsp3) is 0.600. The van der Waals surface area contributed by atoms with Gasteiger partial charge in [0.25, 0.3) is 0 Å². The summed E-state index contributed by atoms with van der Waals surface area (Å²) in [6.07, 6.45) is 5.60. The SMILES string of the molecule is Cc1cccc(C2(C3CCC3)C[C@H]2CN)c1. The summed E-state index contributed by atoms with van der Waals surface area (Å²) in [6, 6.07) is 9.10. The Balaban J connectivity index is 1.95. The molecular weight excluding hydrogens is 194 g/mol. The average Bonchev–Trinajstić information content (AvgIpc) is 2.91. The third-order valence-corrected chi connectivity index (χ3v) is 4.83. The van der Waals surface area contributed by atoms with Crippen molar-refractivity contribution in [1.29, 1.82) is 0 Å². The molecule has 2 atom stereocenters. The van der Waals surface area contributed by atoms with Crippen molar-refractivity contribution in [3.05, 3.63) is 35.4 Å². The lowest BCUT2D eigenvalue weighted by atomic mass is 9.69. The maximum Gasteiger partial charge on any atom is 0.00253 e. The summed E-state index contributed by atoms with van der Waals surface area (Å²) in [6.45, 7) is 3.06. The van der Waals surface area contributed by atoms with Crippen LogP contribution in [0.4, 0.5) is 0 Å². The maximum atomic E-state index is 5.90. The molecule has 1 heteroatoms. The number of rotatable bonds is 3.